The first-order valence-electron chi connectivity index (χ1n) is 14.2. The third-order valence-electron chi connectivity index (χ3n) is 9.14. The number of hydrogen-bond acceptors (Lipinski definition) is 11. The van der Waals surface area contributed by atoms with Crippen LogP contribution in [0.15, 0.2) is 36.4 Å². The van der Waals surface area contributed by atoms with E-state index in [0.717, 1.165) is 0 Å². The molecule has 2 amide bonds. The number of benzene rings is 2. The maximum absolute atomic E-state index is 14.0. The number of nitrogens with zero attached hydrogens (tertiary/aromatic N) is 1. The van der Waals surface area contributed by atoms with Gasteiger partial charge in [-0.1, -0.05) is 18.2 Å². The van der Waals surface area contributed by atoms with E-state index in [1.165, 1.54) is 18.1 Å². The highest BCUT2D eigenvalue weighted by atomic mass is 16.6. The van der Waals surface area contributed by atoms with Gasteiger partial charge < -0.3 is 35.4 Å². The molecule has 2 saturated carbocycles. The number of nitrogens with two attached hydrogens (primary N) is 1. The summed E-state index contributed by atoms with van der Waals surface area (Å²) in [6, 6.07) is 8.75. The molecule has 6 N–H and O–H groups in total. The fourth-order valence-electron chi connectivity index (χ4n) is 7.20. The van der Waals surface area contributed by atoms with Crippen molar-refractivity contribution in [3.05, 3.63) is 47.5 Å². The smallest absolute Gasteiger partial charge is 0.411 e. The molecule has 3 aliphatic carbocycles. The van der Waals surface area contributed by atoms with E-state index >= 15 is 0 Å². The lowest BCUT2D eigenvalue weighted by Gasteiger charge is -2.54. The van der Waals surface area contributed by atoms with E-state index in [1.807, 2.05) is 0 Å². The number of methoxy groups -OCH3 is 1. The highest BCUT2D eigenvalue weighted by Crippen LogP contribution is 2.52. The van der Waals surface area contributed by atoms with Gasteiger partial charge in [0, 0.05) is 24.8 Å². The zero-order valence-electron chi connectivity index (χ0n) is 24.5. The molecule has 3 aliphatic rings. The Morgan fingerprint density at radius 2 is 1.75 bits per heavy atom. The van der Waals surface area contributed by atoms with E-state index in [4.69, 9.17) is 15.2 Å². The second kappa shape index (κ2) is 11.7. The van der Waals surface area contributed by atoms with Crippen LogP contribution in [0.3, 0.4) is 0 Å². The van der Waals surface area contributed by atoms with Crippen LogP contribution in [0.1, 0.15) is 22.3 Å². The Hall–Kier alpha value is -4.17. The Bertz CT molecular complexity index is 1520. The van der Waals surface area contributed by atoms with Gasteiger partial charge in [0.25, 0.3) is 0 Å². The van der Waals surface area contributed by atoms with Crippen molar-refractivity contribution in [1.82, 2.24) is 4.90 Å². The van der Waals surface area contributed by atoms with Crippen LogP contribution in [0.2, 0.25) is 0 Å². The zero-order chi connectivity index (χ0) is 32.1. The number of amides is 2. The maximum Gasteiger partial charge on any atom is 0.411 e. The topological polar surface area (TPSA) is 206 Å². The molecule has 0 radical (unpaired) electrons. The van der Waals surface area contributed by atoms with Crippen molar-refractivity contribution in [2.45, 2.75) is 30.6 Å². The number of phenolic OH excluding ortho intramolecular Hbond substituents is 1. The number of hydrogen-bond donors (Lipinski definition) is 5. The van der Waals surface area contributed by atoms with Gasteiger partial charge in [-0.3, -0.25) is 24.5 Å². The van der Waals surface area contributed by atoms with Crippen LogP contribution in [0, 0.1) is 23.7 Å². The summed E-state index contributed by atoms with van der Waals surface area (Å²) in [5.41, 5.74) is 4.85. The average Bonchev–Trinajstić information content (AvgIpc) is 2.95. The van der Waals surface area contributed by atoms with Gasteiger partial charge in [0.2, 0.25) is 5.91 Å². The Morgan fingerprint density at radius 3 is 2.36 bits per heavy atom. The molecule has 44 heavy (non-hydrogen) atoms. The second-order valence-corrected chi connectivity index (χ2v) is 11.8. The minimum Gasteiger partial charge on any atom is -0.507 e. The normalized spacial score (nSPS) is 29.5. The van der Waals surface area contributed by atoms with Gasteiger partial charge in [-0.2, -0.15) is 0 Å². The van der Waals surface area contributed by atoms with Crippen molar-refractivity contribution in [2.75, 3.05) is 39.7 Å². The number of aromatic hydroxyl groups is 1. The molecule has 0 spiro atoms. The Morgan fingerprint density at radius 1 is 1.07 bits per heavy atom. The number of aliphatic hydroxyl groups excluding tert-OH is 1. The molecule has 234 valence electrons. The average molecular weight is 610 g/mol. The number of carbonyl (C=O) groups excluding carboxylic acids is 5. The molecule has 0 aromatic heterocycles. The predicted octanol–water partition coefficient (Wildman–Crippen LogP) is 0.521. The molecule has 2 fully saturated rings. The van der Waals surface area contributed by atoms with Gasteiger partial charge in [-0.05, 0) is 67.7 Å². The molecule has 13 heteroatoms. The lowest BCUT2D eigenvalue weighted by Crippen LogP contribution is -2.75. The van der Waals surface area contributed by atoms with E-state index < -0.39 is 70.8 Å². The van der Waals surface area contributed by atoms with Crippen molar-refractivity contribution in [3.63, 3.8) is 0 Å². The van der Waals surface area contributed by atoms with E-state index in [2.05, 4.69) is 5.32 Å². The largest absolute Gasteiger partial charge is 0.507 e. The number of ether oxygens (including phenoxy) is 2. The molecule has 0 aliphatic heterocycles. The van der Waals surface area contributed by atoms with Crippen LogP contribution in [0.5, 0.6) is 5.75 Å². The van der Waals surface area contributed by atoms with Crippen molar-refractivity contribution in [1.29, 1.82) is 0 Å². The summed E-state index contributed by atoms with van der Waals surface area (Å²) < 4.78 is 9.86. The third kappa shape index (κ3) is 4.95. The van der Waals surface area contributed by atoms with Gasteiger partial charge >= 0.3 is 6.09 Å². The number of phenols is 1. The number of fused-ring (bicyclic) bond motifs is 3. The fraction of sp³-hybridized carbons (Fsp3) is 0.452. The van der Waals surface area contributed by atoms with Gasteiger partial charge in [-0.25, -0.2) is 4.79 Å². The van der Waals surface area contributed by atoms with Crippen LogP contribution in [-0.2, 0) is 30.3 Å². The summed E-state index contributed by atoms with van der Waals surface area (Å²) in [7, 11) is 4.67. The Kier molecular flexibility index (Phi) is 8.33. The molecule has 2 aromatic carbocycles. The molecular formula is C31H35N3O10. The lowest BCUT2D eigenvalue weighted by atomic mass is 9.52. The standard InChI is InChI=1S/C31H35N3O10/c1-34(2)24-19-13-15-12-18-17(14-4-6-16(7-5-14)33-30(41)44-11-10-43-3)8-9-20(35)22(18)25(36)21(15)27(38)31(19,42)28(39)23(26(24)37)29(32)40/h4-9,15,19,21,23-24,26,35,37,42H,10-13H2,1-3H3,(H2,32,40)(H,33,41)/t15-,19-,21?,23?,24-,26?,31-/m0/s1. The number of likely N-dealkylation sites (N-methyl/N-ethyl adjacent to an activating group) is 1. The molecule has 13 nitrogen and oxygen atoms in total. The quantitative estimate of drug-likeness (QED) is 0.216. The predicted molar refractivity (Wildman–Crippen MR) is 155 cm³/mol. The maximum atomic E-state index is 14.0. The lowest BCUT2D eigenvalue weighted by molar-refractivity contribution is -0.190. The highest BCUT2D eigenvalue weighted by Gasteiger charge is 2.69. The number of ketones is 3. The monoisotopic (exact) mass is 609 g/mol. The fourth-order valence-corrected chi connectivity index (χ4v) is 7.20. The van der Waals surface area contributed by atoms with E-state index in [0.29, 0.717) is 22.4 Å². The minimum absolute atomic E-state index is 0.0123. The Labute approximate surface area is 252 Å². The molecule has 7 atom stereocenters. The van der Waals surface area contributed by atoms with Crippen molar-refractivity contribution < 1.29 is 48.8 Å². The number of primary amides is 1. The van der Waals surface area contributed by atoms with Crippen molar-refractivity contribution >= 4 is 35.0 Å². The number of Topliss-reactive ketones (excluding diaryl/α,β-unsaturated/α-hetero) is 3. The number of rotatable bonds is 7. The molecule has 0 saturated heterocycles. The van der Waals surface area contributed by atoms with Crippen molar-refractivity contribution in [2.24, 2.45) is 29.4 Å². The summed E-state index contributed by atoms with van der Waals surface area (Å²) >= 11 is 0. The third-order valence-corrected chi connectivity index (χ3v) is 9.14. The van der Waals surface area contributed by atoms with E-state index in [9.17, 15) is 39.3 Å². The molecule has 2 aromatic rings. The van der Waals surface area contributed by atoms with Gasteiger partial charge in [-0.15, -0.1) is 0 Å². The highest BCUT2D eigenvalue weighted by molar-refractivity contribution is 6.25. The van der Waals surface area contributed by atoms with Crippen LogP contribution in [-0.4, -0.2) is 102 Å². The van der Waals surface area contributed by atoms with Gasteiger partial charge in [0.05, 0.1) is 24.2 Å². The summed E-state index contributed by atoms with van der Waals surface area (Å²) in [6.45, 7) is 0.344. The van der Waals surface area contributed by atoms with Crippen LogP contribution >= 0.6 is 0 Å². The van der Waals surface area contributed by atoms with E-state index in [1.54, 1.807) is 44.4 Å². The van der Waals surface area contributed by atoms with Crippen molar-refractivity contribution in [3.8, 4) is 16.9 Å². The summed E-state index contributed by atoms with van der Waals surface area (Å²) in [5, 5.41) is 36.1. The first-order chi connectivity index (χ1) is 20.8. The molecule has 0 heterocycles. The van der Waals surface area contributed by atoms with Gasteiger partial charge in [0.15, 0.2) is 23.0 Å². The first kappa shape index (κ1) is 31.3. The number of anilines is 1. The number of nitrogens with one attached hydrogen (secondary N) is 1. The summed E-state index contributed by atoms with van der Waals surface area (Å²) in [6.07, 6.45) is -2.05. The summed E-state index contributed by atoms with van der Waals surface area (Å²) in [4.78, 5) is 67.1. The SMILES string of the molecule is COCCOC(=O)Nc1ccc(-c2ccc(O)c3c2C[C@H]2C[C@H]4[C@H](N(C)C)C(O)C(C(N)=O)C(=O)[C@@]4(O)C(=O)C2C3=O)cc1. The second-order valence-electron chi connectivity index (χ2n) is 11.8. The molecule has 0 bridgehead atoms. The summed E-state index contributed by atoms with van der Waals surface area (Å²) in [5.74, 6) is -9.59. The molecule has 3 unspecified atom stereocenters. The van der Waals surface area contributed by atoms with Crippen LogP contribution < -0.4 is 11.1 Å². The zero-order valence-corrected chi connectivity index (χ0v) is 24.5. The number of aliphatic hydroxyl groups is 2. The van der Waals surface area contributed by atoms with Gasteiger partial charge in [0.1, 0.15) is 18.3 Å². The molecular weight excluding hydrogens is 574 g/mol. The minimum atomic E-state index is -2.72. The Balaban J connectivity index is 1.50. The first-order valence-corrected chi connectivity index (χ1v) is 14.2. The van der Waals surface area contributed by atoms with Crippen LogP contribution in [0.4, 0.5) is 10.5 Å². The van der Waals surface area contributed by atoms with Crippen LogP contribution in [0.25, 0.3) is 11.1 Å². The number of carbonyl (C=O) groups is 5. The van der Waals surface area contributed by atoms with E-state index in [-0.39, 0.29) is 37.4 Å². The molecule has 5 rings (SSSR count).